The number of nitrogens with one attached hydrogen (secondary N) is 1. The van der Waals surface area contributed by atoms with Gasteiger partial charge in [-0.05, 0) is 40.3 Å². The lowest BCUT2D eigenvalue weighted by molar-refractivity contribution is 0.0690. The fourth-order valence-electron chi connectivity index (χ4n) is 3.76. The molecule has 156 valence electrons. The van der Waals surface area contributed by atoms with Gasteiger partial charge in [0.1, 0.15) is 12.3 Å². The first kappa shape index (κ1) is 20.3. The van der Waals surface area contributed by atoms with Crippen LogP contribution in [0.3, 0.4) is 0 Å². The van der Waals surface area contributed by atoms with Gasteiger partial charge in [-0.25, -0.2) is 14.6 Å². The van der Waals surface area contributed by atoms with Crippen LogP contribution < -0.4 is 5.32 Å². The molecule has 0 unspecified atom stereocenters. The number of benzene rings is 2. The zero-order valence-electron chi connectivity index (χ0n) is 16.8. The summed E-state index contributed by atoms with van der Waals surface area (Å²) in [5, 5.41) is 11.6. The smallest absolute Gasteiger partial charge is 0.407 e. The second-order valence-corrected chi connectivity index (χ2v) is 7.23. The number of carbonyl (C=O) groups excluding carboxylic acids is 1. The standard InChI is InChI=1S/C25H22N2O4/c28-24(29)23-13-12-17(15-27-23)7-5-6-14-26-25(30)31-16-22-20-10-3-1-8-18(20)19-9-2-4-11-21(19)22/h1-5,7-13,15,22H,6,14,16H2,(H,26,30)(H,28,29). The molecule has 1 aliphatic carbocycles. The fourth-order valence-corrected chi connectivity index (χ4v) is 3.76. The van der Waals surface area contributed by atoms with Gasteiger partial charge in [0.15, 0.2) is 0 Å². The van der Waals surface area contributed by atoms with Crippen molar-refractivity contribution in [3.8, 4) is 11.1 Å². The van der Waals surface area contributed by atoms with E-state index in [0.29, 0.717) is 13.0 Å². The van der Waals surface area contributed by atoms with Gasteiger partial charge in [-0.3, -0.25) is 0 Å². The Morgan fingerprint density at radius 1 is 1.00 bits per heavy atom. The molecule has 0 fully saturated rings. The Morgan fingerprint density at radius 3 is 2.29 bits per heavy atom. The van der Waals surface area contributed by atoms with Crippen molar-refractivity contribution in [1.29, 1.82) is 0 Å². The number of ether oxygens (including phenoxy) is 1. The molecule has 1 amide bonds. The predicted octanol–water partition coefficient (Wildman–Crippen LogP) is 4.72. The summed E-state index contributed by atoms with van der Waals surface area (Å²) in [6.07, 6.45) is 5.39. The summed E-state index contributed by atoms with van der Waals surface area (Å²) in [5.74, 6) is -1.01. The van der Waals surface area contributed by atoms with Crippen molar-refractivity contribution in [1.82, 2.24) is 10.3 Å². The Morgan fingerprint density at radius 2 is 1.68 bits per heavy atom. The third kappa shape index (κ3) is 4.64. The maximum Gasteiger partial charge on any atom is 0.407 e. The number of nitrogens with zero attached hydrogens (tertiary/aromatic N) is 1. The summed E-state index contributed by atoms with van der Waals surface area (Å²) >= 11 is 0. The molecule has 0 bridgehead atoms. The van der Waals surface area contributed by atoms with Gasteiger partial charge in [-0.15, -0.1) is 0 Å². The number of alkyl carbamates (subject to hydrolysis) is 1. The van der Waals surface area contributed by atoms with Crippen LogP contribution in [0.15, 0.2) is 72.9 Å². The summed E-state index contributed by atoms with van der Waals surface area (Å²) in [5.41, 5.74) is 5.57. The summed E-state index contributed by atoms with van der Waals surface area (Å²) in [6.45, 7) is 0.727. The number of aromatic carboxylic acids is 1. The number of carboxylic acids is 1. The Labute approximate surface area is 180 Å². The monoisotopic (exact) mass is 414 g/mol. The van der Waals surface area contributed by atoms with Crippen LogP contribution in [0.4, 0.5) is 4.79 Å². The molecule has 3 aromatic rings. The van der Waals surface area contributed by atoms with Gasteiger partial charge in [0.05, 0.1) is 0 Å². The average Bonchev–Trinajstić information content (AvgIpc) is 3.11. The molecule has 0 radical (unpaired) electrons. The molecule has 31 heavy (non-hydrogen) atoms. The van der Waals surface area contributed by atoms with Gasteiger partial charge in [-0.1, -0.05) is 66.7 Å². The molecule has 6 nitrogen and oxygen atoms in total. The molecule has 0 saturated carbocycles. The maximum absolute atomic E-state index is 12.1. The van der Waals surface area contributed by atoms with E-state index in [4.69, 9.17) is 9.84 Å². The number of hydrogen-bond acceptors (Lipinski definition) is 4. The van der Waals surface area contributed by atoms with Crippen molar-refractivity contribution >= 4 is 18.1 Å². The van der Waals surface area contributed by atoms with Gasteiger partial charge in [0, 0.05) is 18.7 Å². The van der Waals surface area contributed by atoms with Crippen LogP contribution in [0.25, 0.3) is 17.2 Å². The minimum atomic E-state index is -1.05. The van der Waals surface area contributed by atoms with Crippen molar-refractivity contribution in [2.45, 2.75) is 12.3 Å². The topological polar surface area (TPSA) is 88.5 Å². The average molecular weight is 414 g/mol. The number of fused-ring (bicyclic) bond motifs is 3. The van der Waals surface area contributed by atoms with Crippen LogP contribution in [0, 0.1) is 0 Å². The highest BCUT2D eigenvalue weighted by atomic mass is 16.5. The molecule has 1 heterocycles. The molecule has 2 aromatic carbocycles. The van der Waals surface area contributed by atoms with E-state index in [1.165, 1.54) is 34.5 Å². The van der Waals surface area contributed by atoms with E-state index in [1.807, 2.05) is 36.4 Å². The molecular weight excluding hydrogens is 392 g/mol. The maximum atomic E-state index is 12.1. The highest BCUT2D eigenvalue weighted by Crippen LogP contribution is 2.44. The zero-order valence-corrected chi connectivity index (χ0v) is 16.8. The van der Waals surface area contributed by atoms with Crippen molar-refractivity contribution in [3.63, 3.8) is 0 Å². The van der Waals surface area contributed by atoms with E-state index >= 15 is 0 Å². The Kier molecular flexibility index (Phi) is 6.08. The van der Waals surface area contributed by atoms with E-state index in [1.54, 1.807) is 6.07 Å². The van der Waals surface area contributed by atoms with Crippen LogP contribution in [-0.4, -0.2) is 35.3 Å². The molecule has 0 spiro atoms. The lowest BCUT2D eigenvalue weighted by Gasteiger charge is -2.14. The van der Waals surface area contributed by atoms with Crippen LogP contribution in [-0.2, 0) is 4.74 Å². The Hall–Kier alpha value is -3.93. The number of amides is 1. The van der Waals surface area contributed by atoms with Crippen LogP contribution in [0.1, 0.15) is 39.5 Å². The third-order valence-corrected chi connectivity index (χ3v) is 5.24. The summed E-state index contributed by atoms with van der Waals surface area (Å²) < 4.78 is 5.50. The fraction of sp³-hybridized carbons (Fsp3) is 0.160. The minimum absolute atomic E-state index is 0.00840. The molecular formula is C25H22N2O4. The van der Waals surface area contributed by atoms with Crippen LogP contribution in [0.5, 0.6) is 0 Å². The van der Waals surface area contributed by atoms with Gasteiger partial charge in [-0.2, -0.15) is 0 Å². The number of hydrogen-bond donors (Lipinski definition) is 2. The molecule has 0 atom stereocenters. The van der Waals surface area contributed by atoms with Gasteiger partial charge < -0.3 is 15.2 Å². The van der Waals surface area contributed by atoms with Gasteiger partial charge in [0.2, 0.25) is 0 Å². The second-order valence-electron chi connectivity index (χ2n) is 7.23. The zero-order chi connectivity index (χ0) is 21.6. The molecule has 2 N–H and O–H groups in total. The second kappa shape index (κ2) is 9.26. The Bertz CT molecular complexity index is 1080. The molecule has 0 saturated heterocycles. The highest BCUT2D eigenvalue weighted by molar-refractivity contribution is 5.85. The van der Waals surface area contributed by atoms with E-state index < -0.39 is 12.1 Å². The first-order valence-electron chi connectivity index (χ1n) is 10.1. The molecule has 1 aliphatic rings. The molecule has 1 aromatic heterocycles. The quantitative estimate of drug-likeness (QED) is 0.546. The number of carboxylic acid groups (broad SMARTS) is 1. The SMILES string of the molecule is O=C(NCCC=Cc1ccc(C(=O)O)nc1)OCC1c2ccccc2-c2ccccc21. The highest BCUT2D eigenvalue weighted by Gasteiger charge is 2.28. The van der Waals surface area contributed by atoms with Gasteiger partial charge >= 0.3 is 12.1 Å². The first-order valence-corrected chi connectivity index (χ1v) is 10.1. The van der Waals surface area contributed by atoms with Crippen molar-refractivity contribution < 1.29 is 19.4 Å². The number of pyridine rings is 1. The third-order valence-electron chi connectivity index (χ3n) is 5.24. The normalized spacial score (nSPS) is 12.4. The lowest BCUT2D eigenvalue weighted by Crippen LogP contribution is -2.26. The van der Waals surface area contributed by atoms with Crippen molar-refractivity contribution in [2.75, 3.05) is 13.2 Å². The summed E-state index contributed by atoms with van der Waals surface area (Å²) in [4.78, 5) is 26.8. The van der Waals surface area contributed by atoms with E-state index in [0.717, 1.165) is 5.56 Å². The molecule has 0 aliphatic heterocycles. The Balaban J connectivity index is 1.25. The lowest BCUT2D eigenvalue weighted by atomic mass is 9.98. The van der Waals surface area contributed by atoms with E-state index in [-0.39, 0.29) is 18.2 Å². The van der Waals surface area contributed by atoms with Crippen molar-refractivity contribution in [2.24, 2.45) is 0 Å². The molecule has 4 rings (SSSR count). The summed E-state index contributed by atoms with van der Waals surface area (Å²) in [7, 11) is 0. The van der Waals surface area contributed by atoms with Crippen molar-refractivity contribution in [3.05, 3.63) is 95.3 Å². The van der Waals surface area contributed by atoms with Gasteiger partial charge in [0.25, 0.3) is 0 Å². The number of carbonyl (C=O) groups is 2. The predicted molar refractivity (Wildman–Crippen MR) is 118 cm³/mol. The van der Waals surface area contributed by atoms with E-state index in [2.05, 4.69) is 34.6 Å². The minimum Gasteiger partial charge on any atom is -0.477 e. The van der Waals surface area contributed by atoms with Crippen LogP contribution >= 0.6 is 0 Å². The number of rotatable bonds is 7. The summed E-state index contributed by atoms with van der Waals surface area (Å²) in [6, 6.07) is 19.6. The number of aromatic nitrogens is 1. The largest absolute Gasteiger partial charge is 0.477 e. The molecule has 6 heteroatoms. The van der Waals surface area contributed by atoms with Crippen LogP contribution in [0.2, 0.25) is 0 Å². The first-order chi connectivity index (χ1) is 15.1. The van der Waals surface area contributed by atoms with E-state index in [9.17, 15) is 9.59 Å².